The summed E-state index contributed by atoms with van der Waals surface area (Å²) in [5, 5.41) is 2.73. The molecule has 0 aromatic heterocycles. The van der Waals surface area contributed by atoms with Gasteiger partial charge in [-0.05, 0) is 68.1 Å². The van der Waals surface area contributed by atoms with E-state index in [0.717, 1.165) is 37.7 Å². The van der Waals surface area contributed by atoms with Crippen molar-refractivity contribution in [1.82, 2.24) is 4.72 Å². The second kappa shape index (κ2) is 12.0. The van der Waals surface area contributed by atoms with E-state index in [9.17, 15) is 18.0 Å². The summed E-state index contributed by atoms with van der Waals surface area (Å²) in [5.41, 5.74) is 1.99. The topological polar surface area (TPSA) is 111 Å². The van der Waals surface area contributed by atoms with E-state index in [1.165, 1.54) is 6.07 Å². The molecule has 2 N–H and O–H groups in total. The van der Waals surface area contributed by atoms with Gasteiger partial charge >= 0.3 is 5.97 Å². The molecule has 8 nitrogen and oxygen atoms in total. The highest BCUT2D eigenvalue weighted by atomic mass is 32.2. The lowest BCUT2D eigenvalue weighted by molar-refractivity contribution is -0.142. The number of ether oxygens (including phenoxy) is 2. The maximum Gasteiger partial charge on any atom is 0.310 e. The van der Waals surface area contributed by atoms with Crippen LogP contribution >= 0.6 is 0 Å². The number of nitrogens with one attached hydrogen (secondary N) is 2. The summed E-state index contributed by atoms with van der Waals surface area (Å²) in [6, 6.07) is 11.5. The smallest absolute Gasteiger partial charge is 0.310 e. The zero-order valence-corrected chi connectivity index (χ0v) is 20.4. The Morgan fingerprint density at radius 1 is 1.03 bits per heavy atom. The molecule has 0 spiro atoms. The molecular formula is C25H32N2O6S. The normalized spacial score (nSPS) is 14.4. The van der Waals surface area contributed by atoms with E-state index >= 15 is 0 Å². The molecule has 0 radical (unpaired) electrons. The highest BCUT2D eigenvalue weighted by molar-refractivity contribution is 7.89. The first-order valence-corrected chi connectivity index (χ1v) is 13.1. The number of hydrogen-bond donors (Lipinski definition) is 2. The third-order valence-corrected chi connectivity index (χ3v) is 7.15. The monoisotopic (exact) mass is 488 g/mol. The van der Waals surface area contributed by atoms with Crippen molar-refractivity contribution >= 4 is 27.6 Å². The molecule has 2 aromatic carbocycles. The van der Waals surface area contributed by atoms with Crippen molar-refractivity contribution in [3.8, 4) is 5.75 Å². The molecule has 2 aromatic rings. The van der Waals surface area contributed by atoms with Gasteiger partial charge in [0.2, 0.25) is 10.0 Å². The number of esters is 1. The molecule has 0 bridgehead atoms. The number of amides is 1. The Hall–Kier alpha value is -2.91. The van der Waals surface area contributed by atoms with Gasteiger partial charge in [0.15, 0.2) is 6.61 Å². The molecule has 1 amide bonds. The van der Waals surface area contributed by atoms with Crippen molar-refractivity contribution in [3.63, 3.8) is 0 Å². The van der Waals surface area contributed by atoms with Crippen LogP contribution in [0.4, 0.5) is 5.69 Å². The average molecular weight is 489 g/mol. The molecule has 0 unspecified atom stereocenters. The van der Waals surface area contributed by atoms with Crippen molar-refractivity contribution in [2.24, 2.45) is 0 Å². The minimum absolute atomic E-state index is 0.0158. The van der Waals surface area contributed by atoms with Crippen molar-refractivity contribution in [2.45, 2.75) is 63.3 Å². The second-order valence-electron chi connectivity index (χ2n) is 8.40. The second-order valence-corrected chi connectivity index (χ2v) is 10.1. The maximum atomic E-state index is 12.7. The van der Waals surface area contributed by atoms with E-state index in [1.807, 2.05) is 0 Å². The van der Waals surface area contributed by atoms with Gasteiger partial charge in [0.1, 0.15) is 5.75 Å². The molecule has 1 fully saturated rings. The molecule has 0 saturated heterocycles. The number of rotatable bonds is 10. The van der Waals surface area contributed by atoms with Gasteiger partial charge in [0, 0.05) is 11.7 Å². The Labute approximate surface area is 201 Å². The number of sulfonamides is 1. The summed E-state index contributed by atoms with van der Waals surface area (Å²) in [6.07, 6.45) is 5.13. The Morgan fingerprint density at radius 2 is 1.74 bits per heavy atom. The van der Waals surface area contributed by atoms with E-state index in [2.05, 4.69) is 10.0 Å². The highest BCUT2D eigenvalue weighted by Crippen LogP contribution is 2.24. The van der Waals surface area contributed by atoms with Crippen LogP contribution in [0.25, 0.3) is 0 Å². The predicted octanol–water partition coefficient (Wildman–Crippen LogP) is 3.73. The van der Waals surface area contributed by atoms with Crippen LogP contribution in [0.2, 0.25) is 0 Å². The number of hydrogen-bond acceptors (Lipinski definition) is 6. The van der Waals surface area contributed by atoms with Gasteiger partial charge in [-0.25, -0.2) is 13.1 Å². The van der Waals surface area contributed by atoms with Crippen LogP contribution in [-0.2, 0) is 30.8 Å². The molecule has 9 heteroatoms. The molecule has 184 valence electrons. The number of anilines is 1. The Bertz CT molecular complexity index is 1090. The minimum Gasteiger partial charge on any atom is -0.483 e. The average Bonchev–Trinajstić information content (AvgIpc) is 2.80. The molecule has 0 aliphatic heterocycles. The SMILES string of the molecule is CCOC(=O)Cc1ccc(NC(=O)COc2ccc(S(=O)(=O)NC3CCCCC3)cc2C)cc1. The van der Waals surface area contributed by atoms with Crippen LogP contribution in [0.5, 0.6) is 5.75 Å². The first-order valence-electron chi connectivity index (χ1n) is 11.6. The van der Waals surface area contributed by atoms with Crippen molar-refractivity contribution in [1.29, 1.82) is 0 Å². The molecule has 1 aliphatic carbocycles. The molecule has 0 atom stereocenters. The van der Waals surface area contributed by atoms with Gasteiger partial charge in [-0.3, -0.25) is 9.59 Å². The van der Waals surface area contributed by atoms with Gasteiger partial charge in [0.05, 0.1) is 17.9 Å². The van der Waals surface area contributed by atoms with Gasteiger partial charge in [-0.1, -0.05) is 31.4 Å². The van der Waals surface area contributed by atoms with Crippen LogP contribution in [0, 0.1) is 6.92 Å². The summed E-state index contributed by atoms with van der Waals surface area (Å²) in [7, 11) is -3.60. The number of carbonyl (C=O) groups excluding carboxylic acids is 2. The molecule has 1 aliphatic rings. The first kappa shape index (κ1) is 25.7. The van der Waals surface area contributed by atoms with Crippen molar-refractivity contribution in [3.05, 3.63) is 53.6 Å². The zero-order valence-electron chi connectivity index (χ0n) is 19.6. The standard InChI is InChI=1S/C25H32N2O6S/c1-3-32-25(29)16-19-9-11-20(12-10-19)26-24(28)17-33-23-14-13-22(15-18(23)2)34(30,31)27-21-7-5-4-6-8-21/h9-15,21,27H,3-8,16-17H2,1-2H3,(H,26,28). The third kappa shape index (κ3) is 7.56. The fourth-order valence-corrected chi connectivity index (χ4v) is 5.27. The maximum absolute atomic E-state index is 12.7. The third-order valence-electron chi connectivity index (χ3n) is 5.63. The lowest BCUT2D eigenvalue weighted by Crippen LogP contribution is -2.36. The fraction of sp³-hybridized carbons (Fsp3) is 0.440. The van der Waals surface area contributed by atoms with Gasteiger partial charge in [-0.15, -0.1) is 0 Å². The largest absolute Gasteiger partial charge is 0.483 e. The van der Waals surface area contributed by atoms with Crippen molar-refractivity contribution < 1.29 is 27.5 Å². The van der Waals surface area contributed by atoms with E-state index in [-0.39, 0.29) is 35.8 Å². The summed E-state index contributed by atoms with van der Waals surface area (Å²) < 4.78 is 38.7. The summed E-state index contributed by atoms with van der Waals surface area (Å²) >= 11 is 0. The lowest BCUT2D eigenvalue weighted by atomic mass is 9.96. The molecule has 1 saturated carbocycles. The van der Waals surface area contributed by atoms with E-state index in [4.69, 9.17) is 9.47 Å². The van der Waals surface area contributed by atoms with Crippen LogP contribution in [0.3, 0.4) is 0 Å². The number of aryl methyl sites for hydroxylation is 1. The quantitative estimate of drug-likeness (QED) is 0.493. The van der Waals surface area contributed by atoms with Crippen LogP contribution < -0.4 is 14.8 Å². The Balaban J connectivity index is 1.52. The summed E-state index contributed by atoms with van der Waals surface area (Å²) in [4.78, 5) is 24.0. The molecule has 0 heterocycles. The van der Waals surface area contributed by atoms with Gasteiger partial charge in [-0.2, -0.15) is 0 Å². The van der Waals surface area contributed by atoms with Gasteiger partial charge < -0.3 is 14.8 Å². The Morgan fingerprint density at radius 3 is 2.38 bits per heavy atom. The fourth-order valence-electron chi connectivity index (χ4n) is 3.88. The van der Waals surface area contributed by atoms with E-state index in [0.29, 0.717) is 23.6 Å². The van der Waals surface area contributed by atoms with Crippen LogP contribution in [0.1, 0.15) is 50.2 Å². The number of benzene rings is 2. The summed E-state index contributed by atoms with van der Waals surface area (Å²) in [6.45, 7) is 3.61. The van der Waals surface area contributed by atoms with Gasteiger partial charge in [0.25, 0.3) is 5.91 Å². The van der Waals surface area contributed by atoms with Crippen molar-refractivity contribution in [2.75, 3.05) is 18.5 Å². The zero-order chi connectivity index (χ0) is 24.6. The van der Waals surface area contributed by atoms with Crippen LogP contribution in [0.15, 0.2) is 47.4 Å². The van der Waals surface area contributed by atoms with E-state index in [1.54, 1.807) is 50.2 Å². The predicted molar refractivity (Wildman–Crippen MR) is 129 cm³/mol. The molecule has 3 rings (SSSR count). The van der Waals surface area contributed by atoms with E-state index < -0.39 is 10.0 Å². The minimum atomic E-state index is -3.60. The number of carbonyl (C=O) groups is 2. The summed E-state index contributed by atoms with van der Waals surface area (Å²) in [5.74, 6) is -0.212. The molecular weight excluding hydrogens is 456 g/mol. The Kier molecular flexibility index (Phi) is 9.06. The lowest BCUT2D eigenvalue weighted by Gasteiger charge is -2.22. The highest BCUT2D eigenvalue weighted by Gasteiger charge is 2.22. The molecule has 34 heavy (non-hydrogen) atoms. The first-order chi connectivity index (χ1) is 16.3. The van der Waals surface area contributed by atoms with Crippen LogP contribution in [-0.4, -0.2) is 39.5 Å².